The van der Waals surface area contributed by atoms with E-state index in [4.69, 9.17) is 27.5 Å². The van der Waals surface area contributed by atoms with Crippen molar-refractivity contribution in [3.8, 4) is 17.0 Å². The SMILES string of the molecule is COc1ccc(C(=O)NCc2ccc(Cl)cc2-c2cccc(C(C)(NC=N)C(=O)CN)c2)cn1. The highest BCUT2D eigenvalue weighted by atomic mass is 35.5. The van der Waals surface area contributed by atoms with Crippen LogP contribution < -0.4 is 21.1 Å². The van der Waals surface area contributed by atoms with Gasteiger partial charge in [0.25, 0.3) is 5.91 Å². The van der Waals surface area contributed by atoms with Gasteiger partial charge in [-0.05, 0) is 53.4 Å². The number of ether oxygens (including phenoxy) is 1. The maximum Gasteiger partial charge on any atom is 0.253 e. The van der Waals surface area contributed by atoms with Gasteiger partial charge in [-0.3, -0.25) is 15.0 Å². The first-order valence-corrected chi connectivity index (χ1v) is 10.9. The van der Waals surface area contributed by atoms with Crippen LogP contribution in [0.3, 0.4) is 0 Å². The maximum atomic E-state index is 12.6. The summed E-state index contributed by atoms with van der Waals surface area (Å²) in [5, 5.41) is 13.7. The van der Waals surface area contributed by atoms with Gasteiger partial charge in [0.2, 0.25) is 5.88 Å². The van der Waals surface area contributed by atoms with E-state index in [1.807, 2.05) is 30.3 Å². The molecule has 8 nitrogen and oxygen atoms in total. The fourth-order valence-corrected chi connectivity index (χ4v) is 3.73. The van der Waals surface area contributed by atoms with E-state index in [1.165, 1.54) is 13.3 Å². The molecule has 2 aromatic carbocycles. The Morgan fingerprint density at radius 3 is 2.65 bits per heavy atom. The lowest BCUT2D eigenvalue weighted by molar-refractivity contribution is -0.123. The highest BCUT2D eigenvalue weighted by Gasteiger charge is 2.33. The van der Waals surface area contributed by atoms with Crippen LogP contribution in [0.5, 0.6) is 5.88 Å². The average molecular weight is 480 g/mol. The topological polar surface area (TPSA) is 130 Å². The molecule has 1 aromatic heterocycles. The number of ketones is 1. The van der Waals surface area contributed by atoms with Crippen LogP contribution in [0.2, 0.25) is 5.02 Å². The standard InChI is InChI=1S/C25H26ClN5O3/c1-25(31-15-28,22(32)12-27)19-5-3-4-16(10-19)21-11-20(26)8-6-17(21)13-30-24(33)18-7-9-23(34-2)29-14-18/h3-11,14-15H,12-13,27H2,1-2H3,(H2,28,31)(H,30,33). The molecule has 0 fully saturated rings. The quantitative estimate of drug-likeness (QED) is 0.261. The van der Waals surface area contributed by atoms with E-state index >= 15 is 0 Å². The molecule has 1 atom stereocenters. The van der Waals surface area contributed by atoms with E-state index in [1.54, 1.807) is 31.2 Å². The normalized spacial score (nSPS) is 12.4. The summed E-state index contributed by atoms with van der Waals surface area (Å²) in [7, 11) is 1.51. The molecule has 1 unspecified atom stereocenters. The van der Waals surface area contributed by atoms with Crippen molar-refractivity contribution in [3.63, 3.8) is 0 Å². The lowest BCUT2D eigenvalue weighted by Crippen LogP contribution is -2.48. The number of Topliss-reactive ketones (excluding diaryl/α,β-unsaturated/α-hetero) is 1. The predicted octanol–water partition coefficient (Wildman–Crippen LogP) is 3.28. The molecule has 1 amide bonds. The van der Waals surface area contributed by atoms with Crippen molar-refractivity contribution in [3.05, 3.63) is 82.5 Å². The number of hydrogen-bond acceptors (Lipinski definition) is 6. The Bertz CT molecular complexity index is 1200. The Kier molecular flexibility index (Phi) is 7.99. The van der Waals surface area contributed by atoms with Crippen molar-refractivity contribution in [1.29, 1.82) is 5.41 Å². The summed E-state index contributed by atoms with van der Waals surface area (Å²) in [6, 6.07) is 16.0. The van der Waals surface area contributed by atoms with Crippen LogP contribution in [0.25, 0.3) is 11.1 Å². The van der Waals surface area contributed by atoms with E-state index in [0.717, 1.165) is 23.0 Å². The number of aromatic nitrogens is 1. The van der Waals surface area contributed by atoms with E-state index in [0.29, 0.717) is 22.0 Å². The number of nitrogens with zero attached hydrogens (tertiary/aromatic N) is 1. The number of pyridine rings is 1. The van der Waals surface area contributed by atoms with E-state index in [-0.39, 0.29) is 24.8 Å². The molecule has 1 heterocycles. The number of nitrogens with one attached hydrogen (secondary N) is 3. The number of halogens is 1. The summed E-state index contributed by atoms with van der Waals surface area (Å²) in [5.74, 6) is -0.102. The van der Waals surface area contributed by atoms with Gasteiger partial charge in [-0.1, -0.05) is 35.9 Å². The zero-order chi connectivity index (χ0) is 24.7. The molecule has 0 aliphatic heterocycles. The zero-order valence-corrected chi connectivity index (χ0v) is 19.6. The van der Waals surface area contributed by atoms with Gasteiger partial charge in [-0.25, -0.2) is 4.98 Å². The van der Waals surface area contributed by atoms with E-state index < -0.39 is 5.54 Å². The summed E-state index contributed by atoms with van der Waals surface area (Å²) >= 11 is 6.29. The number of hydrogen-bond donors (Lipinski definition) is 4. The van der Waals surface area contributed by atoms with Gasteiger partial charge in [0.15, 0.2) is 5.78 Å². The second-order valence-corrected chi connectivity index (χ2v) is 8.13. The third-order valence-corrected chi connectivity index (χ3v) is 5.81. The third kappa shape index (κ3) is 5.41. The van der Waals surface area contributed by atoms with Crippen LogP contribution in [-0.2, 0) is 16.9 Å². The van der Waals surface area contributed by atoms with Gasteiger partial charge in [0, 0.05) is 23.8 Å². The monoisotopic (exact) mass is 479 g/mol. The minimum Gasteiger partial charge on any atom is -0.481 e. The van der Waals surface area contributed by atoms with Crippen molar-refractivity contribution in [2.75, 3.05) is 13.7 Å². The lowest BCUT2D eigenvalue weighted by atomic mass is 9.85. The number of methoxy groups -OCH3 is 1. The summed E-state index contributed by atoms with van der Waals surface area (Å²) in [5.41, 5.74) is 7.98. The lowest BCUT2D eigenvalue weighted by Gasteiger charge is -2.29. The van der Waals surface area contributed by atoms with Gasteiger partial charge in [-0.15, -0.1) is 0 Å². The number of amides is 1. The van der Waals surface area contributed by atoms with Gasteiger partial charge in [-0.2, -0.15) is 0 Å². The van der Waals surface area contributed by atoms with Gasteiger partial charge in [0.1, 0.15) is 5.54 Å². The van der Waals surface area contributed by atoms with Crippen LogP contribution in [0, 0.1) is 5.41 Å². The molecule has 0 aliphatic carbocycles. The Morgan fingerprint density at radius 1 is 1.21 bits per heavy atom. The highest BCUT2D eigenvalue weighted by Crippen LogP contribution is 2.31. The van der Waals surface area contributed by atoms with Gasteiger partial charge >= 0.3 is 0 Å². The summed E-state index contributed by atoms with van der Waals surface area (Å²) in [4.78, 5) is 29.2. The molecule has 5 N–H and O–H groups in total. The first kappa shape index (κ1) is 24.9. The average Bonchev–Trinajstić information content (AvgIpc) is 2.87. The predicted molar refractivity (Wildman–Crippen MR) is 132 cm³/mol. The Labute approximate surface area is 203 Å². The number of carbonyl (C=O) groups excluding carboxylic acids is 2. The zero-order valence-electron chi connectivity index (χ0n) is 18.9. The molecule has 0 saturated carbocycles. The summed E-state index contributed by atoms with van der Waals surface area (Å²) in [6.07, 6.45) is 2.43. The van der Waals surface area contributed by atoms with Crippen LogP contribution in [0.1, 0.15) is 28.4 Å². The molecule has 176 valence electrons. The van der Waals surface area contributed by atoms with Crippen molar-refractivity contribution in [2.45, 2.75) is 19.0 Å². The number of benzene rings is 2. The maximum absolute atomic E-state index is 12.6. The molecule has 0 radical (unpaired) electrons. The fourth-order valence-electron chi connectivity index (χ4n) is 3.56. The third-order valence-electron chi connectivity index (χ3n) is 5.57. The second-order valence-electron chi connectivity index (χ2n) is 7.70. The van der Waals surface area contributed by atoms with Crippen molar-refractivity contribution in [1.82, 2.24) is 15.6 Å². The van der Waals surface area contributed by atoms with Crippen LogP contribution in [-0.4, -0.2) is 36.7 Å². The minimum atomic E-state index is -1.15. The second kappa shape index (κ2) is 10.9. The molecular formula is C25H26ClN5O3. The first-order valence-electron chi connectivity index (χ1n) is 10.5. The van der Waals surface area contributed by atoms with Gasteiger partial charge in [0.05, 0.1) is 25.6 Å². The Hall–Kier alpha value is -3.75. The minimum absolute atomic E-state index is 0.170. The molecule has 9 heteroatoms. The molecule has 3 aromatic rings. The fraction of sp³-hybridized carbons (Fsp3) is 0.200. The molecule has 0 spiro atoms. The number of rotatable bonds is 10. The Morgan fingerprint density at radius 2 is 2.00 bits per heavy atom. The van der Waals surface area contributed by atoms with Crippen molar-refractivity contribution < 1.29 is 14.3 Å². The molecule has 0 bridgehead atoms. The molecule has 0 saturated heterocycles. The largest absolute Gasteiger partial charge is 0.481 e. The van der Waals surface area contributed by atoms with E-state index in [9.17, 15) is 9.59 Å². The molecular weight excluding hydrogens is 454 g/mol. The van der Waals surface area contributed by atoms with Crippen LogP contribution in [0.15, 0.2) is 60.8 Å². The molecule has 34 heavy (non-hydrogen) atoms. The van der Waals surface area contributed by atoms with Crippen LogP contribution >= 0.6 is 11.6 Å². The number of nitrogens with two attached hydrogens (primary N) is 1. The highest BCUT2D eigenvalue weighted by molar-refractivity contribution is 6.30. The number of carbonyl (C=O) groups is 2. The van der Waals surface area contributed by atoms with Crippen LogP contribution in [0.4, 0.5) is 0 Å². The first-order chi connectivity index (χ1) is 16.3. The molecule has 3 rings (SSSR count). The van der Waals surface area contributed by atoms with E-state index in [2.05, 4.69) is 15.6 Å². The Balaban J connectivity index is 1.91. The van der Waals surface area contributed by atoms with Crippen molar-refractivity contribution >= 4 is 29.6 Å². The molecule has 0 aliphatic rings. The summed E-state index contributed by atoms with van der Waals surface area (Å²) < 4.78 is 5.02. The van der Waals surface area contributed by atoms with Crippen molar-refractivity contribution in [2.24, 2.45) is 5.73 Å². The smallest absolute Gasteiger partial charge is 0.253 e. The summed E-state index contributed by atoms with van der Waals surface area (Å²) in [6.45, 7) is 1.77. The van der Waals surface area contributed by atoms with Gasteiger partial charge < -0.3 is 21.1 Å².